The van der Waals surface area contributed by atoms with Crippen molar-refractivity contribution in [1.82, 2.24) is 14.7 Å². The van der Waals surface area contributed by atoms with E-state index in [0.29, 0.717) is 6.67 Å². The second-order valence-electron chi connectivity index (χ2n) is 7.08. The van der Waals surface area contributed by atoms with E-state index in [0.717, 1.165) is 45.8 Å². The number of benzene rings is 2. The molecule has 3 aromatic rings. The number of hydrogen-bond acceptors (Lipinski definition) is 7. The van der Waals surface area contributed by atoms with Crippen molar-refractivity contribution in [2.45, 2.75) is 26.6 Å². The summed E-state index contributed by atoms with van der Waals surface area (Å²) in [5.41, 5.74) is 4.81. The van der Waals surface area contributed by atoms with Crippen LogP contribution >= 0.6 is 23.6 Å². The summed E-state index contributed by atoms with van der Waals surface area (Å²) in [6.07, 6.45) is 0.960. The van der Waals surface area contributed by atoms with Gasteiger partial charge in [0.1, 0.15) is 0 Å². The molecule has 0 saturated heterocycles. The van der Waals surface area contributed by atoms with Gasteiger partial charge in [-0.25, -0.2) is 4.68 Å². The summed E-state index contributed by atoms with van der Waals surface area (Å²) in [6.45, 7) is 4.52. The number of fused-ring (bicyclic) bond motifs is 1. The number of anilines is 2. The average molecular weight is 429 g/mol. The normalized spacial score (nSPS) is 13.8. The van der Waals surface area contributed by atoms with Gasteiger partial charge in [-0.15, -0.1) is 5.10 Å². The van der Waals surface area contributed by atoms with Crippen molar-refractivity contribution in [2.24, 2.45) is 0 Å². The number of ether oxygens (including phenoxy) is 2. The Bertz CT molecular complexity index is 1060. The zero-order valence-electron chi connectivity index (χ0n) is 16.8. The lowest BCUT2D eigenvalue weighted by atomic mass is 9.99. The van der Waals surface area contributed by atoms with E-state index in [1.165, 1.54) is 28.0 Å². The highest BCUT2D eigenvalue weighted by Gasteiger charge is 2.20. The lowest BCUT2D eigenvalue weighted by Gasteiger charge is -2.29. The van der Waals surface area contributed by atoms with Gasteiger partial charge < -0.3 is 14.8 Å². The van der Waals surface area contributed by atoms with Crippen LogP contribution in [0.4, 0.5) is 10.8 Å². The van der Waals surface area contributed by atoms with E-state index in [1.54, 1.807) is 14.2 Å². The van der Waals surface area contributed by atoms with Gasteiger partial charge in [0.05, 0.1) is 20.9 Å². The molecule has 8 heteroatoms. The smallest absolute Gasteiger partial charge is 0.209 e. The fourth-order valence-electron chi connectivity index (χ4n) is 3.46. The molecule has 0 radical (unpaired) electrons. The molecule has 0 amide bonds. The van der Waals surface area contributed by atoms with Crippen molar-refractivity contribution >= 4 is 34.4 Å². The molecule has 1 N–H and O–H groups in total. The zero-order chi connectivity index (χ0) is 20.4. The Kier molecular flexibility index (Phi) is 5.84. The summed E-state index contributed by atoms with van der Waals surface area (Å²) in [4.78, 5) is 2.35. The van der Waals surface area contributed by atoms with E-state index in [-0.39, 0.29) is 0 Å². The lowest BCUT2D eigenvalue weighted by Crippen LogP contribution is -2.32. The molecule has 0 atom stereocenters. The number of nitrogens with one attached hydrogen (secondary N) is 1. The Balaban J connectivity index is 1.47. The van der Waals surface area contributed by atoms with Crippen LogP contribution in [-0.4, -0.2) is 35.4 Å². The summed E-state index contributed by atoms with van der Waals surface area (Å²) in [5.74, 6) is 1.55. The second-order valence-corrected chi connectivity index (χ2v) is 8.71. The van der Waals surface area contributed by atoms with Crippen molar-refractivity contribution < 1.29 is 9.47 Å². The molecule has 2 heterocycles. The van der Waals surface area contributed by atoms with Gasteiger partial charge in [-0.05, 0) is 61.0 Å². The van der Waals surface area contributed by atoms with Gasteiger partial charge in [-0.1, -0.05) is 29.0 Å². The lowest BCUT2D eigenvalue weighted by molar-refractivity contribution is 0.188. The first-order valence-electron chi connectivity index (χ1n) is 9.43. The molecule has 4 rings (SSSR count). The summed E-state index contributed by atoms with van der Waals surface area (Å²) in [6, 6.07) is 12.4. The molecule has 1 aliphatic heterocycles. The third kappa shape index (κ3) is 4.44. The monoisotopic (exact) mass is 428 g/mol. The van der Waals surface area contributed by atoms with Crippen molar-refractivity contribution in [2.75, 3.05) is 26.1 Å². The SMILES string of the molecule is COc1cc2c(cc1OC)CN(Cn1nc(Nc3ccc(C)cc3)sc1=S)CC2. The first-order valence-corrected chi connectivity index (χ1v) is 10.7. The summed E-state index contributed by atoms with van der Waals surface area (Å²) in [5, 5.41) is 8.82. The van der Waals surface area contributed by atoms with Crippen molar-refractivity contribution in [3.05, 3.63) is 57.0 Å². The van der Waals surface area contributed by atoms with Gasteiger partial charge in [-0.2, -0.15) is 0 Å². The molecule has 29 heavy (non-hydrogen) atoms. The number of methoxy groups -OCH3 is 2. The van der Waals surface area contributed by atoms with Crippen LogP contribution in [-0.2, 0) is 19.6 Å². The second kappa shape index (κ2) is 8.52. The maximum absolute atomic E-state index is 5.54. The quantitative estimate of drug-likeness (QED) is 0.572. The summed E-state index contributed by atoms with van der Waals surface area (Å²) < 4.78 is 13.5. The topological polar surface area (TPSA) is 51.6 Å². The third-order valence-corrected chi connectivity index (χ3v) is 6.26. The van der Waals surface area contributed by atoms with E-state index in [4.69, 9.17) is 21.7 Å². The molecule has 0 aliphatic carbocycles. The van der Waals surface area contributed by atoms with Crippen LogP contribution in [0.3, 0.4) is 0 Å². The predicted octanol–water partition coefficient (Wildman–Crippen LogP) is 4.76. The van der Waals surface area contributed by atoms with Crippen LogP contribution in [0, 0.1) is 10.9 Å². The highest BCUT2D eigenvalue weighted by Crippen LogP contribution is 2.33. The fourth-order valence-corrected chi connectivity index (χ4v) is 4.47. The van der Waals surface area contributed by atoms with Crippen LogP contribution in [0.2, 0.25) is 0 Å². The van der Waals surface area contributed by atoms with Gasteiger partial charge in [-0.3, -0.25) is 4.90 Å². The maximum Gasteiger partial charge on any atom is 0.209 e. The Labute approximate surface area is 179 Å². The number of hydrogen-bond donors (Lipinski definition) is 1. The van der Waals surface area contributed by atoms with Crippen molar-refractivity contribution in [1.29, 1.82) is 0 Å². The molecular formula is C21H24N4O2S2. The van der Waals surface area contributed by atoms with Crippen LogP contribution in [0.15, 0.2) is 36.4 Å². The van der Waals surface area contributed by atoms with Crippen LogP contribution in [0.5, 0.6) is 11.5 Å². The fraction of sp³-hybridized carbons (Fsp3) is 0.333. The largest absolute Gasteiger partial charge is 0.493 e. The average Bonchev–Trinajstić information content (AvgIpc) is 3.07. The van der Waals surface area contributed by atoms with E-state index in [9.17, 15) is 0 Å². The summed E-state index contributed by atoms with van der Waals surface area (Å²) >= 11 is 7.04. The van der Waals surface area contributed by atoms with Gasteiger partial charge in [0.25, 0.3) is 0 Å². The maximum atomic E-state index is 5.54. The molecule has 0 fully saturated rings. The number of aromatic nitrogens is 2. The molecule has 2 aromatic carbocycles. The predicted molar refractivity (Wildman–Crippen MR) is 119 cm³/mol. The van der Waals surface area contributed by atoms with Crippen molar-refractivity contribution in [3.8, 4) is 11.5 Å². The van der Waals surface area contributed by atoms with E-state index >= 15 is 0 Å². The molecule has 0 bridgehead atoms. The number of aryl methyl sites for hydroxylation is 1. The first kappa shape index (κ1) is 19.9. The van der Waals surface area contributed by atoms with Crippen LogP contribution in [0.1, 0.15) is 16.7 Å². The molecule has 6 nitrogen and oxygen atoms in total. The minimum Gasteiger partial charge on any atom is -0.493 e. The zero-order valence-corrected chi connectivity index (χ0v) is 18.4. The van der Waals surface area contributed by atoms with Crippen molar-refractivity contribution in [3.63, 3.8) is 0 Å². The number of nitrogens with zero attached hydrogens (tertiary/aromatic N) is 3. The number of rotatable bonds is 6. The molecule has 1 aliphatic rings. The van der Waals surface area contributed by atoms with E-state index in [1.807, 2.05) is 16.8 Å². The highest BCUT2D eigenvalue weighted by molar-refractivity contribution is 7.73. The molecule has 0 unspecified atom stereocenters. The molecular weight excluding hydrogens is 404 g/mol. The van der Waals surface area contributed by atoms with Gasteiger partial charge in [0.15, 0.2) is 15.5 Å². The van der Waals surface area contributed by atoms with E-state index in [2.05, 4.69) is 46.5 Å². The van der Waals surface area contributed by atoms with E-state index < -0.39 is 0 Å². The molecule has 152 valence electrons. The third-order valence-electron chi connectivity index (χ3n) is 5.04. The molecule has 0 saturated carbocycles. The standard InChI is InChI=1S/C21H24N4O2S2/c1-14-4-6-17(7-5-14)22-20-23-25(21(28)29-20)13-24-9-8-15-10-18(26-2)19(27-3)11-16(15)12-24/h4-7,10-11H,8-9,12-13H2,1-3H3,(H,22,23). The molecule has 0 spiro atoms. The van der Waals surface area contributed by atoms with Crippen LogP contribution in [0.25, 0.3) is 0 Å². The highest BCUT2D eigenvalue weighted by atomic mass is 32.1. The Hall–Kier alpha value is -2.42. The van der Waals surface area contributed by atoms with Gasteiger partial charge >= 0.3 is 0 Å². The first-order chi connectivity index (χ1) is 14.1. The summed E-state index contributed by atoms with van der Waals surface area (Å²) in [7, 11) is 3.34. The Morgan fingerprint density at radius 2 is 1.79 bits per heavy atom. The Morgan fingerprint density at radius 1 is 1.10 bits per heavy atom. The Morgan fingerprint density at radius 3 is 2.48 bits per heavy atom. The van der Waals surface area contributed by atoms with Crippen LogP contribution < -0.4 is 14.8 Å². The minimum atomic E-state index is 0.665. The minimum absolute atomic E-state index is 0.665. The van der Waals surface area contributed by atoms with Gasteiger partial charge in [0, 0.05) is 18.8 Å². The van der Waals surface area contributed by atoms with Gasteiger partial charge in [0.2, 0.25) is 5.13 Å². The molecule has 1 aromatic heterocycles.